The van der Waals surface area contributed by atoms with Gasteiger partial charge in [-0.1, -0.05) is 17.7 Å². The van der Waals surface area contributed by atoms with Gasteiger partial charge in [-0.05, 0) is 57.4 Å². The molecule has 0 saturated carbocycles. The summed E-state index contributed by atoms with van der Waals surface area (Å²) in [5.41, 5.74) is 1.11. The number of aryl methyl sites for hydroxylation is 1. The van der Waals surface area contributed by atoms with Crippen LogP contribution < -0.4 is 10.1 Å². The van der Waals surface area contributed by atoms with Crippen LogP contribution in [0.25, 0.3) is 10.4 Å². The van der Waals surface area contributed by atoms with Crippen LogP contribution in [0.4, 0.5) is 16.4 Å². The molecule has 0 spiro atoms. The molecule has 3 N–H and O–H groups in total. The highest BCUT2D eigenvalue weighted by Crippen LogP contribution is 2.42. The molecule has 1 unspecified atom stereocenters. The Morgan fingerprint density at radius 1 is 1.19 bits per heavy atom. The van der Waals surface area contributed by atoms with E-state index in [-0.39, 0.29) is 10.4 Å². The molecule has 198 valence electrons. The molecule has 37 heavy (non-hydrogen) atoms. The normalized spacial score (nSPS) is 22.4. The molecule has 4 rings (SSSR count). The number of carbonyl (C=O) groups is 1. The van der Waals surface area contributed by atoms with Crippen LogP contribution in [0.15, 0.2) is 30.6 Å². The number of quaternary nitrogens is 1. The second kappa shape index (κ2) is 10.2. The average Bonchev–Trinajstić information content (AvgIpc) is 3.25. The van der Waals surface area contributed by atoms with Gasteiger partial charge >= 0.3 is 6.09 Å². The topological polar surface area (TPSA) is 117 Å². The van der Waals surface area contributed by atoms with Crippen LogP contribution in [0, 0.1) is 6.92 Å². The fraction of sp³-hybridized carbons (Fsp3) is 0.462. The molecule has 1 aliphatic heterocycles. The van der Waals surface area contributed by atoms with Crippen molar-refractivity contribution in [2.75, 3.05) is 25.5 Å². The van der Waals surface area contributed by atoms with Crippen molar-refractivity contribution in [3.63, 3.8) is 0 Å². The van der Waals surface area contributed by atoms with Gasteiger partial charge in [-0.3, -0.25) is 0 Å². The number of benzene rings is 1. The van der Waals surface area contributed by atoms with E-state index in [1.54, 1.807) is 6.20 Å². The molecule has 1 aromatic carbocycles. The maximum absolute atomic E-state index is 12.3. The molecule has 0 aliphatic carbocycles. The lowest BCUT2D eigenvalue weighted by Gasteiger charge is -2.43. The van der Waals surface area contributed by atoms with Crippen molar-refractivity contribution in [2.45, 2.75) is 58.1 Å². The van der Waals surface area contributed by atoms with E-state index >= 15 is 0 Å². The summed E-state index contributed by atoms with van der Waals surface area (Å²) in [7, 11) is 1.50. The number of aliphatic hydroxyl groups is 1. The third kappa shape index (κ3) is 5.43. The number of halogens is 1. The zero-order chi connectivity index (χ0) is 27.0. The van der Waals surface area contributed by atoms with Gasteiger partial charge in [0.05, 0.1) is 31.3 Å². The number of rotatable bonds is 5. The second-order valence-corrected chi connectivity index (χ2v) is 12.0. The lowest BCUT2D eigenvalue weighted by molar-refractivity contribution is -0.903. The molecule has 1 amide bonds. The highest BCUT2D eigenvalue weighted by molar-refractivity contribution is 7.15. The third-order valence-electron chi connectivity index (χ3n) is 7.11. The van der Waals surface area contributed by atoms with Gasteiger partial charge in [0.25, 0.3) is 0 Å². The minimum absolute atomic E-state index is 0.0714. The van der Waals surface area contributed by atoms with Crippen LogP contribution in [-0.2, 0) is 5.60 Å². The van der Waals surface area contributed by atoms with Crippen LogP contribution in [0.1, 0.15) is 50.6 Å². The molecular weight excluding hydrogens is 514 g/mol. The van der Waals surface area contributed by atoms with Gasteiger partial charge in [-0.25, -0.2) is 14.5 Å². The SMILES string of the molecule is COc1nc(Nc2cc(C)cc(-c3cnc([C@]4(O)CCC[N+](C(=O)O)(C(C)(C)C)CC4)s3)c2)ncc1Cl. The molecule has 9 nitrogen and oxygen atoms in total. The summed E-state index contributed by atoms with van der Waals surface area (Å²) in [5.74, 6) is 0.641. The van der Waals surface area contributed by atoms with Crippen molar-refractivity contribution in [2.24, 2.45) is 0 Å². The summed E-state index contributed by atoms with van der Waals surface area (Å²) < 4.78 is 5.10. The smallest absolute Gasteiger partial charge is 0.480 e. The quantitative estimate of drug-likeness (QED) is 0.334. The molecular formula is C26H33ClN5O4S+. The van der Waals surface area contributed by atoms with E-state index in [1.165, 1.54) is 24.6 Å². The molecule has 2 aromatic heterocycles. The Morgan fingerprint density at radius 3 is 2.62 bits per heavy atom. The van der Waals surface area contributed by atoms with E-state index in [9.17, 15) is 15.0 Å². The van der Waals surface area contributed by atoms with Crippen LogP contribution in [0.5, 0.6) is 5.88 Å². The summed E-state index contributed by atoms with van der Waals surface area (Å²) in [6.45, 7) is 8.65. The van der Waals surface area contributed by atoms with Gasteiger partial charge in [0, 0.05) is 24.7 Å². The number of aromatic nitrogens is 3. The number of amides is 1. The number of nitrogens with zero attached hydrogens (tertiary/aromatic N) is 4. The first kappa shape index (κ1) is 27.3. The van der Waals surface area contributed by atoms with Gasteiger partial charge in [-0.2, -0.15) is 9.78 Å². The van der Waals surface area contributed by atoms with Crippen molar-refractivity contribution >= 4 is 40.7 Å². The monoisotopic (exact) mass is 546 g/mol. The van der Waals surface area contributed by atoms with E-state index in [0.29, 0.717) is 48.3 Å². The lowest BCUT2D eigenvalue weighted by Crippen LogP contribution is -2.63. The summed E-state index contributed by atoms with van der Waals surface area (Å²) in [5, 5.41) is 25.9. The van der Waals surface area contributed by atoms with E-state index < -0.39 is 17.2 Å². The summed E-state index contributed by atoms with van der Waals surface area (Å²) in [4.78, 5) is 26.3. The molecule has 2 atom stereocenters. The largest absolute Gasteiger partial charge is 0.513 e. The van der Waals surface area contributed by atoms with Crippen LogP contribution in [0.3, 0.4) is 0 Å². The zero-order valence-electron chi connectivity index (χ0n) is 21.7. The molecule has 1 saturated heterocycles. The van der Waals surface area contributed by atoms with Crippen LogP contribution in [-0.4, -0.2) is 61.5 Å². The Hall–Kier alpha value is -2.79. The Labute approximate surface area is 225 Å². The number of nitrogens with one attached hydrogen (secondary N) is 1. The number of thiazole rings is 1. The molecule has 0 bridgehead atoms. The Bertz CT molecular complexity index is 1310. The number of hydrogen-bond acceptors (Lipinski definition) is 8. The van der Waals surface area contributed by atoms with E-state index in [2.05, 4.69) is 26.3 Å². The van der Waals surface area contributed by atoms with Crippen molar-refractivity contribution < 1.29 is 24.2 Å². The van der Waals surface area contributed by atoms with Crippen molar-refractivity contribution in [1.29, 1.82) is 0 Å². The van der Waals surface area contributed by atoms with Gasteiger partial charge in [-0.15, -0.1) is 11.3 Å². The molecule has 11 heteroatoms. The maximum atomic E-state index is 12.3. The number of ether oxygens (including phenoxy) is 1. The standard InChI is InChI=1S/C26H32ClN5O4S/c1-16-11-17(13-18(12-16)30-23-29-14-19(27)21(31-23)36-5)20-15-28-22(37-20)26(35)7-6-9-32(10-8-26,24(33)34)25(2,3)4/h11-15,35H,6-10H2,1-5H3,(H-,29,30,31,33,34)/p+1/t26-,32?/m0/s1. The first-order valence-electron chi connectivity index (χ1n) is 12.1. The van der Waals surface area contributed by atoms with Crippen LogP contribution in [0.2, 0.25) is 5.02 Å². The minimum atomic E-state index is -1.16. The van der Waals surface area contributed by atoms with Gasteiger partial charge in [0.2, 0.25) is 11.8 Å². The molecule has 3 aromatic rings. The number of anilines is 2. The average molecular weight is 547 g/mol. The number of likely N-dealkylation sites (tertiary alicyclic amines) is 1. The second-order valence-electron chi connectivity index (χ2n) is 10.5. The maximum Gasteiger partial charge on any atom is 0.513 e. The predicted octanol–water partition coefficient (Wildman–Crippen LogP) is 5.98. The Morgan fingerprint density at radius 2 is 1.95 bits per heavy atom. The minimum Gasteiger partial charge on any atom is -0.480 e. The van der Waals surface area contributed by atoms with E-state index in [0.717, 1.165) is 21.7 Å². The zero-order valence-corrected chi connectivity index (χ0v) is 23.3. The van der Waals surface area contributed by atoms with Gasteiger partial charge in [0.1, 0.15) is 21.2 Å². The summed E-state index contributed by atoms with van der Waals surface area (Å²) >= 11 is 7.47. The van der Waals surface area contributed by atoms with Gasteiger partial charge in [0.15, 0.2) is 0 Å². The Kier molecular flexibility index (Phi) is 7.49. The van der Waals surface area contributed by atoms with Gasteiger partial charge < -0.3 is 20.3 Å². The molecule has 0 radical (unpaired) electrons. The third-order valence-corrected chi connectivity index (χ3v) is 8.61. The Balaban J connectivity index is 1.59. The summed E-state index contributed by atoms with van der Waals surface area (Å²) in [6, 6.07) is 6.00. The number of carboxylic acid groups (broad SMARTS) is 1. The predicted molar refractivity (Wildman–Crippen MR) is 145 cm³/mol. The fourth-order valence-corrected chi connectivity index (χ4v) is 6.14. The highest BCUT2D eigenvalue weighted by Gasteiger charge is 2.51. The molecule has 1 aliphatic rings. The van der Waals surface area contributed by atoms with Crippen LogP contribution >= 0.6 is 22.9 Å². The fourth-order valence-electron chi connectivity index (χ4n) is 4.92. The van der Waals surface area contributed by atoms with Crippen molar-refractivity contribution in [1.82, 2.24) is 15.0 Å². The van der Waals surface area contributed by atoms with Crippen molar-refractivity contribution in [3.05, 3.63) is 46.2 Å². The first-order valence-corrected chi connectivity index (χ1v) is 13.3. The summed E-state index contributed by atoms with van der Waals surface area (Å²) in [6.07, 6.45) is 3.80. The van der Waals surface area contributed by atoms with E-state index in [1.807, 2.05) is 39.8 Å². The number of hydrogen-bond donors (Lipinski definition) is 3. The van der Waals surface area contributed by atoms with Crippen molar-refractivity contribution in [3.8, 4) is 16.3 Å². The lowest BCUT2D eigenvalue weighted by atomic mass is 9.95. The molecule has 1 fully saturated rings. The first-order chi connectivity index (χ1) is 17.4. The van der Waals surface area contributed by atoms with E-state index in [4.69, 9.17) is 16.3 Å². The highest BCUT2D eigenvalue weighted by atomic mass is 35.5. The molecule has 3 heterocycles. The number of methoxy groups -OCH3 is 1.